The molecule has 0 aromatic carbocycles. The van der Waals surface area contributed by atoms with Crippen LogP contribution in [-0.4, -0.2) is 43.3 Å². The fourth-order valence-corrected chi connectivity index (χ4v) is 3.00. The molecule has 0 saturated carbocycles. The van der Waals surface area contributed by atoms with Gasteiger partial charge in [0.05, 0.1) is 12.1 Å². The van der Waals surface area contributed by atoms with E-state index in [1.165, 1.54) is 25.8 Å². The second kappa shape index (κ2) is 5.99. The second-order valence-electron chi connectivity index (χ2n) is 5.43. The van der Waals surface area contributed by atoms with E-state index in [0.29, 0.717) is 18.5 Å². The molecule has 0 spiro atoms. The Kier molecular flexibility index (Phi) is 5.22. The highest BCUT2D eigenvalue weighted by molar-refractivity contribution is 4.97. The molecular weight excluding hydrogens is 200 g/mol. The van der Waals surface area contributed by atoms with Crippen molar-refractivity contribution in [3.8, 4) is 0 Å². The van der Waals surface area contributed by atoms with Gasteiger partial charge in [0.25, 0.3) is 0 Å². The summed E-state index contributed by atoms with van der Waals surface area (Å²) in [7, 11) is 1.78. The molecule has 2 unspecified atom stereocenters. The molecule has 1 aliphatic heterocycles. The molecule has 1 heterocycles. The standard InChI is InChI=1S/C13H28N2O/c1-11(2)13(9-14,10-16-4)15-8-6-5-7-12(15)3/h11-12H,5-10,14H2,1-4H3. The Morgan fingerprint density at radius 1 is 1.44 bits per heavy atom. The number of hydrogen-bond donors (Lipinski definition) is 1. The third-order valence-corrected chi connectivity index (χ3v) is 4.20. The predicted octanol–water partition coefficient (Wildman–Crippen LogP) is 1.86. The van der Waals surface area contributed by atoms with Gasteiger partial charge in [-0.1, -0.05) is 20.3 Å². The number of likely N-dealkylation sites (tertiary alicyclic amines) is 1. The van der Waals surface area contributed by atoms with E-state index in [-0.39, 0.29) is 5.54 Å². The van der Waals surface area contributed by atoms with Crippen LogP contribution in [0.1, 0.15) is 40.0 Å². The van der Waals surface area contributed by atoms with E-state index in [1.807, 2.05) is 0 Å². The number of nitrogens with two attached hydrogens (primary N) is 1. The number of ether oxygens (including phenoxy) is 1. The molecule has 1 fully saturated rings. The SMILES string of the molecule is COCC(CN)(C(C)C)N1CCCCC1C. The van der Waals surface area contributed by atoms with Crippen molar-refractivity contribution in [3.05, 3.63) is 0 Å². The number of rotatable bonds is 5. The average molecular weight is 228 g/mol. The topological polar surface area (TPSA) is 38.5 Å². The van der Waals surface area contributed by atoms with Crippen molar-refractivity contribution in [2.45, 2.75) is 51.6 Å². The number of hydrogen-bond acceptors (Lipinski definition) is 3. The van der Waals surface area contributed by atoms with Crippen LogP contribution in [0.4, 0.5) is 0 Å². The van der Waals surface area contributed by atoms with E-state index in [2.05, 4.69) is 25.7 Å². The minimum absolute atomic E-state index is 0.0224. The lowest BCUT2D eigenvalue weighted by Gasteiger charge is -2.50. The van der Waals surface area contributed by atoms with Crippen molar-refractivity contribution in [1.82, 2.24) is 4.90 Å². The molecular formula is C13H28N2O. The highest BCUT2D eigenvalue weighted by atomic mass is 16.5. The number of nitrogens with zero attached hydrogens (tertiary/aromatic N) is 1. The Balaban J connectivity index is 2.88. The lowest BCUT2D eigenvalue weighted by atomic mass is 9.82. The molecule has 0 aliphatic carbocycles. The molecule has 3 heteroatoms. The summed E-state index contributed by atoms with van der Waals surface area (Å²) >= 11 is 0. The largest absolute Gasteiger partial charge is 0.383 e. The molecule has 2 atom stereocenters. The van der Waals surface area contributed by atoms with E-state index in [1.54, 1.807) is 7.11 Å². The Morgan fingerprint density at radius 3 is 2.56 bits per heavy atom. The van der Waals surface area contributed by atoms with Crippen LogP contribution in [0.3, 0.4) is 0 Å². The molecule has 1 rings (SSSR count). The highest BCUT2D eigenvalue weighted by Crippen LogP contribution is 2.31. The predicted molar refractivity (Wildman–Crippen MR) is 68.5 cm³/mol. The first-order valence-corrected chi connectivity index (χ1v) is 6.54. The molecule has 1 saturated heterocycles. The van der Waals surface area contributed by atoms with Crippen LogP contribution in [0.25, 0.3) is 0 Å². The summed E-state index contributed by atoms with van der Waals surface area (Å²) in [6.07, 6.45) is 3.93. The first kappa shape index (κ1) is 13.9. The van der Waals surface area contributed by atoms with Crippen molar-refractivity contribution in [1.29, 1.82) is 0 Å². The molecule has 16 heavy (non-hydrogen) atoms. The summed E-state index contributed by atoms with van der Waals surface area (Å²) in [5.74, 6) is 0.526. The lowest BCUT2D eigenvalue weighted by molar-refractivity contribution is -0.0498. The van der Waals surface area contributed by atoms with Crippen molar-refractivity contribution >= 4 is 0 Å². The number of methoxy groups -OCH3 is 1. The average Bonchev–Trinajstić information content (AvgIpc) is 2.26. The van der Waals surface area contributed by atoms with Gasteiger partial charge in [-0.2, -0.15) is 0 Å². The summed E-state index contributed by atoms with van der Waals surface area (Å²) in [6.45, 7) is 9.43. The van der Waals surface area contributed by atoms with Crippen LogP contribution in [0.2, 0.25) is 0 Å². The summed E-state index contributed by atoms with van der Waals surface area (Å²) in [5, 5.41) is 0. The first-order chi connectivity index (χ1) is 7.58. The summed E-state index contributed by atoms with van der Waals surface area (Å²) in [4.78, 5) is 2.59. The van der Waals surface area contributed by atoms with Gasteiger partial charge in [-0.3, -0.25) is 4.90 Å². The van der Waals surface area contributed by atoms with E-state index >= 15 is 0 Å². The van der Waals surface area contributed by atoms with Crippen LogP contribution in [0.5, 0.6) is 0 Å². The summed E-state index contributed by atoms with van der Waals surface area (Å²) < 4.78 is 5.44. The van der Waals surface area contributed by atoms with Crippen LogP contribution >= 0.6 is 0 Å². The van der Waals surface area contributed by atoms with Gasteiger partial charge in [-0.05, 0) is 32.2 Å². The third kappa shape index (κ3) is 2.58. The monoisotopic (exact) mass is 228 g/mol. The molecule has 2 N–H and O–H groups in total. The molecule has 0 aromatic rings. The second-order valence-corrected chi connectivity index (χ2v) is 5.43. The summed E-state index contributed by atoms with van der Waals surface area (Å²) in [6, 6.07) is 0.634. The van der Waals surface area contributed by atoms with Crippen LogP contribution < -0.4 is 5.73 Å². The van der Waals surface area contributed by atoms with Crippen LogP contribution in [-0.2, 0) is 4.74 Å². The van der Waals surface area contributed by atoms with Gasteiger partial charge < -0.3 is 10.5 Å². The smallest absolute Gasteiger partial charge is 0.0661 e. The van der Waals surface area contributed by atoms with E-state index in [4.69, 9.17) is 10.5 Å². The Bertz CT molecular complexity index is 208. The molecule has 0 radical (unpaired) electrons. The molecule has 1 aliphatic rings. The van der Waals surface area contributed by atoms with Crippen molar-refractivity contribution in [2.75, 3.05) is 26.8 Å². The van der Waals surface area contributed by atoms with E-state index < -0.39 is 0 Å². The van der Waals surface area contributed by atoms with Crippen molar-refractivity contribution < 1.29 is 4.74 Å². The Morgan fingerprint density at radius 2 is 2.12 bits per heavy atom. The van der Waals surface area contributed by atoms with Gasteiger partial charge in [0.2, 0.25) is 0 Å². The number of piperidine rings is 1. The van der Waals surface area contributed by atoms with E-state index in [9.17, 15) is 0 Å². The lowest BCUT2D eigenvalue weighted by Crippen LogP contribution is -2.64. The van der Waals surface area contributed by atoms with Gasteiger partial charge in [0, 0.05) is 19.7 Å². The quantitative estimate of drug-likeness (QED) is 0.780. The molecule has 96 valence electrons. The molecule has 0 aromatic heterocycles. The Hall–Kier alpha value is -0.120. The maximum Gasteiger partial charge on any atom is 0.0661 e. The molecule has 3 nitrogen and oxygen atoms in total. The maximum atomic E-state index is 6.07. The maximum absolute atomic E-state index is 6.07. The first-order valence-electron chi connectivity index (χ1n) is 6.54. The Labute approximate surface area is 100 Å². The van der Waals surface area contributed by atoms with Crippen molar-refractivity contribution in [3.63, 3.8) is 0 Å². The van der Waals surface area contributed by atoms with Gasteiger partial charge in [-0.15, -0.1) is 0 Å². The fourth-order valence-electron chi connectivity index (χ4n) is 3.00. The normalized spacial score (nSPS) is 27.0. The third-order valence-electron chi connectivity index (χ3n) is 4.20. The van der Waals surface area contributed by atoms with Crippen LogP contribution in [0.15, 0.2) is 0 Å². The molecule has 0 bridgehead atoms. The van der Waals surface area contributed by atoms with Gasteiger partial charge in [0.15, 0.2) is 0 Å². The van der Waals surface area contributed by atoms with Crippen LogP contribution in [0, 0.1) is 5.92 Å². The fraction of sp³-hybridized carbons (Fsp3) is 1.00. The minimum Gasteiger partial charge on any atom is -0.383 e. The molecule has 0 amide bonds. The van der Waals surface area contributed by atoms with E-state index in [0.717, 1.165) is 6.61 Å². The zero-order valence-corrected chi connectivity index (χ0v) is 11.3. The van der Waals surface area contributed by atoms with Crippen molar-refractivity contribution in [2.24, 2.45) is 11.7 Å². The minimum atomic E-state index is 0.0224. The van der Waals surface area contributed by atoms with Gasteiger partial charge in [-0.25, -0.2) is 0 Å². The zero-order chi connectivity index (χ0) is 12.2. The highest BCUT2D eigenvalue weighted by Gasteiger charge is 2.41. The van der Waals surface area contributed by atoms with Gasteiger partial charge >= 0.3 is 0 Å². The summed E-state index contributed by atoms with van der Waals surface area (Å²) in [5.41, 5.74) is 6.09. The zero-order valence-electron chi connectivity index (χ0n) is 11.3. The van der Waals surface area contributed by atoms with Gasteiger partial charge in [0.1, 0.15) is 0 Å².